The fraction of sp³-hybridized carbons (Fsp3) is 0.400. The highest BCUT2D eigenvalue weighted by atomic mass is 16.6. The van der Waals surface area contributed by atoms with E-state index in [1.54, 1.807) is 12.1 Å². The van der Waals surface area contributed by atoms with Gasteiger partial charge in [0.1, 0.15) is 28.1 Å². The second-order valence-corrected chi connectivity index (χ2v) is 9.31. The van der Waals surface area contributed by atoms with Crippen LogP contribution in [0.15, 0.2) is 39.6 Å². The van der Waals surface area contributed by atoms with Crippen molar-refractivity contribution in [3.63, 3.8) is 0 Å². The van der Waals surface area contributed by atoms with Crippen molar-refractivity contribution in [1.29, 1.82) is 0 Å². The molecule has 1 saturated heterocycles. The van der Waals surface area contributed by atoms with Crippen LogP contribution in [-0.2, 0) is 11.2 Å². The lowest BCUT2D eigenvalue weighted by Crippen LogP contribution is -2.28. The van der Waals surface area contributed by atoms with Gasteiger partial charge in [-0.3, -0.25) is 4.79 Å². The third kappa shape index (κ3) is 3.20. The molecule has 2 aliphatic heterocycles. The predicted octanol–water partition coefficient (Wildman–Crippen LogP) is 3.47. The molecule has 1 aromatic heterocycles. The summed E-state index contributed by atoms with van der Waals surface area (Å²) in [4.78, 5) is 13.7. The fourth-order valence-electron chi connectivity index (χ4n) is 4.63. The first-order valence-corrected chi connectivity index (χ1v) is 10.5. The van der Waals surface area contributed by atoms with Gasteiger partial charge in [0.15, 0.2) is 0 Å². The summed E-state index contributed by atoms with van der Waals surface area (Å²) in [6.07, 6.45) is -0.348. The Bertz CT molecular complexity index is 1320. The van der Waals surface area contributed by atoms with E-state index in [9.17, 15) is 15.0 Å². The quantitative estimate of drug-likeness (QED) is 0.365. The standard InChI is InChI=1S/C25H26O6.H2O/c1-11(2)14-10-29-23-12(3)8-16-19(20(23)21(14)27)22(28)18-15(26)7-6-13(24(18)30-16)9-17-25(4,5)31-17;/h6-8,14,17,21,26-27H,1,9-10H2,2-5H3;1H2/t14-,17+,21-;/m1./s1. The molecule has 0 aliphatic carbocycles. The molecule has 0 spiro atoms. The Morgan fingerprint density at radius 3 is 2.59 bits per heavy atom. The first kappa shape index (κ1) is 22.3. The van der Waals surface area contributed by atoms with Gasteiger partial charge < -0.3 is 29.6 Å². The van der Waals surface area contributed by atoms with E-state index in [1.165, 1.54) is 6.07 Å². The van der Waals surface area contributed by atoms with E-state index >= 15 is 0 Å². The van der Waals surface area contributed by atoms with Crippen LogP contribution >= 0.6 is 0 Å². The van der Waals surface area contributed by atoms with E-state index in [4.69, 9.17) is 13.9 Å². The molecule has 2 aromatic carbocycles. The molecule has 3 heterocycles. The van der Waals surface area contributed by atoms with Gasteiger partial charge in [0, 0.05) is 17.9 Å². The van der Waals surface area contributed by atoms with E-state index in [0.717, 1.165) is 16.7 Å². The molecule has 7 heteroatoms. The number of aryl methyl sites for hydroxylation is 1. The average molecular weight is 440 g/mol. The molecule has 3 atom stereocenters. The van der Waals surface area contributed by atoms with Gasteiger partial charge >= 0.3 is 0 Å². The third-order valence-electron chi connectivity index (χ3n) is 6.64. The Balaban J connectivity index is 0.00000245. The molecule has 5 rings (SSSR count). The van der Waals surface area contributed by atoms with Crippen molar-refractivity contribution < 1.29 is 29.6 Å². The summed E-state index contributed by atoms with van der Waals surface area (Å²) in [7, 11) is 0. The van der Waals surface area contributed by atoms with Gasteiger partial charge in [-0.1, -0.05) is 18.2 Å². The number of rotatable bonds is 3. The van der Waals surface area contributed by atoms with Gasteiger partial charge in [-0.05, 0) is 51.0 Å². The van der Waals surface area contributed by atoms with Crippen molar-refractivity contribution in [2.45, 2.75) is 51.9 Å². The van der Waals surface area contributed by atoms with Crippen LogP contribution < -0.4 is 10.2 Å². The number of epoxide rings is 1. The number of aromatic hydroxyl groups is 1. The zero-order valence-corrected chi connectivity index (χ0v) is 18.6. The summed E-state index contributed by atoms with van der Waals surface area (Å²) in [5.41, 5.74) is 2.87. The van der Waals surface area contributed by atoms with E-state index < -0.39 is 6.10 Å². The van der Waals surface area contributed by atoms with Crippen LogP contribution in [0.25, 0.3) is 21.9 Å². The summed E-state index contributed by atoms with van der Waals surface area (Å²) in [6, 6.07) is 5.04. The summed E-state index contributed by atoms with van der Waals surface area (Å²) in [6.45, 7) is 12.0. The number of benzene rings is 2. The van der Waals surface area contributed by atoms with Crippen LogP contribution in [0.1, 0.15) is 43.6 Å². The summed E-state index contributed by atoms with van der Waals surface area (Å²) in [5.74, 6) is 0.0112. The Morgan fingerprint density at radius 1 is 1.28 bits per heavy atom. The summed E-state index contributed by atoms with van der Waals surface area (Å²) >= 11 is 0. The van der Waals surface area contributed by atoms with E-state index in [1.807, 2.05) is 27.7 Å². The summed E-state index contributed by atoms with van der Waals surface area (Å²) in [5, 5.41) is 22.0. The molecule has 0 saturated carbocycles. The molecule has 4 N–H and O–H groups in total. The molecule has 0 amide bonds. The second kappa shape index (κ2) is 7.33. The van der Waals surface area contributed by atoms with Gasteiger partial charge in [-0.15, -0.1) is 0 Å². The van der Waals surface area contributed by atoms with Gasteiger partial charge in [0.2, 0.25) is 5.43 Å². The van der Waals surface area contributed by atoms with Crippen molar-refractivity contribution in [3.8, 4) is 11.5 Å². The number of aliphatic hydroxyl groups excluding tert-OH is 1. The van der Waals surface area contributed by atoms with E-state index in [-0.39, 0.29) is 45.0 Å². The monoisotopic (exact) mass is 440 g/mol. The Hall–Kier alpha value is -2.87. The molecule has 2 aliphatic rings. The van der Waals surface area contributed by atoms with Crippen LogP contribution in [0.3, 0.4) is 0 Å². The maximum Gasteiger partial charge on any atom is 0.204 e. The van der Waals surface area contributed by atoms with Crippen LogP contribution in [-0.4, -0.2) is 34.0 Å². The van der Waals surface area contributed by atoms with Crippen molar-refractivity contribution in [3.05, 3.63) is 57.3 Å². The highest BCUT2D eigenvalue weighted by Gasteiger charge is 2.47. The number of phenols is 1. The molecular weight excluding hydrogens is 412 g/mol. The highest BCUT2D eigenvalue weighted by Crippen LogP contribution is 2.45. The van der Waals surface area contributed by atoms with E-state index in [0.29, 0.717) is 35.5 Å². The third-order valence-corrected chi connectivity index (χ3v) is 6.64. The van der Waals surface area contributed by atoms with Crippen molar-refractivity contribution in [1.82, 2.24) is 0 Å². The van der Waals surface area contributed by atoms with Crippen LogP contribution in [0.5, 0.6) is 11.5 Å². The Kier molecular flexibility index (Phi) is 5.12. The maximum absolute atomic E-state index is 13.7. The number of phenolic OH excluding ortho intramolecular Hbond substituents is 1. The first-order chi connectivity index (χ1) is 14.6. The fourth-order valence-corrected chi connectivity index (χ4v) is 4.63. The van der Waals surface area contributed by atoms with Crippen molar-refractivity contribution >= 4 is 21.9 Å². The van der Waals surface area contributed by atoms with Crippen molar-refractivity contribution in [2.75, 3.05) is 6.61 Å². The minimum absolute atomic E-state index is 0. The molecule has 1 fully saturated rings. The lowest BCUT2D eigenvalue weighted by atomic mass is 9.85. The average Bonchev–Trinajstić information content (AvgIpc) is 3.29. The molecule has 32 heavy (non-hydrogen) atoms. The van der Waals surface area contributed by atoms with Crippen LogP contribution in [0.4, 0.5) is 0 Å². The highest BCUT2D eigenvalue weighted by molar-refractivity contribution is 5.97. The maximum atomic E-state index is 13.7. The topological polar surface area (TPSA) is 124 Å². The van der Waals surface area contributed by atoms with Crippen LogP contribution in [0, 0.1) is 12.8 Å². The smallest absolute Gasteiger partial charge is 0.204 e. The minimum atomic E-state index is -0.949. The van der Waals surface area contributed by atoms with Gasteiger partial charge in [0.05, 0.1) is 29.8 Å². The Labute approximate surface area is 185 Å². The van der Waals surface area contributed by atoms with E-state index in [2.05, 4.69) is 6.58 Å². The summed E-state index contributed by atoms with van der Waals surface area (Å²) < 4.78 is 17.9. The van der Waals surface area contributed by atoms with Gasteiger partial charge in [0.25, 0.3) is 0 Å². The lowest BCUT2D eigenvalue weighted by molar-refractivity contribution is 0.0701. The van der Waals surface area contributed by atoms with Crippen molar-refractivity contribution in [2.24, 2.45) is 5.92 Å². The van der Waals surface area contributed by atoms with Gasteiger partial charge in [-0.25, -0.2) is 0 Å². The number of ether oxygens (including phenoxy) is 2. The SMILES string of the molecule is C=C(C)[C@H]1COc2c(C)cc3oc4c(C[C@@H]5OC5(C)C)ccc(O)c4c(=O)c3c2[C@@H]1O.O. The number of aliphatic hydroxyl groups is 1. The van der Waals surface area contributed by atoms with Gasteiger partial charge in [-0.2, -0.15) is 0 Å². The molecule has 0 unspecified atom stereocenters. The lowest BCUT2D eigenvalue weighted by Gasteiger charge is -2.32. The molecule has 0 bridgehead atoms. The number of hydrogen-bond donors (Lipinski definition) is 2. The molecule has 7 nitrogen and oxygen atoms in total. The molecular formula is C25H28O7. The molecule has 0 radical (unpaired) electrons. The van der Waals surface area contributed by atoms with Crippen LogP contribution in [0.2, 0.25) is 0 Å². The first-order valence-electron chi connectivity index (χ1n) is 10.5. The molecule has 170 valence electrons. The molecule has 3 aromatic rings. The normalized spacial score (nSPS) is 23.3. The zero-order chi connectivity index (χ0) is 22.2. The minimum Gasteiger partial charge on any atom is -0.507 e. The number of fused-ring (bicyclic) bond motifs is 4. The predicted molar refractivity (Wildman–Crippen MR) is 121 cm³/mol. The second-order valence-electron chi connectivity index (χ2n) is 9.31. The Morgan fingerprint density at radius 2 is 1.97 bits per heavy atom. The zero-order valence-electron chi connectivity index (χ0n) is 18.6. The largest absolute Gasteiger partial charge is 0.507 e. The number of hydrogen-bond acceptors (Lipinski definition) is 6.